The summed E-state index contributed by atoms with van der Waals surface area (Å²) in [5.41, 5.74) is 0. The molecule has 1 atom stereocenters. The zero-order valence-corrected chi connectivity index (χ0v) is 53.6. The topological polar surface area (TPSA) is 78.9 Å². The Morgan fingerprint density at radius 3 is 0.775 bits per heavy atom. The van der Waals surface area contributed by atoms with Gasteiger partial charge in [-0.05, 0) is 83.5 Å². The minimum absolute atomic E-state index is 0.0693. The molecule has 0 aromatic rings. The molecule has 0 radical (unpaired) electrons. The van der Waals surface area contributed by atoms with Gasteiger partial charge in [0.15, 0.2) is 6.10 Å². The number of hydrogen-bond acceptors (Lipinski definition) is 6. The monoisotopic (exact) mass is 1120 g/mol. The summed E-state index contributed by atoms with van der Waals surface area (Å²) in [6, 6.07) is 0. The SMILES string of the molecule is CC/C=C\C/C=C\C/C=C\C/C=C\CCCCCCCCCCCCCCCCCCC(=O)OCC(COC(=O)CCCCCCCC)OC(=O)CCCCCCCCCCCCCCCCC/C=C\CCCCCCCCCC. The van der Waals surface area contributed by atoms with Crippen LogP contribution in [0.25, 0.3) is 0 Å². The quantitative estimate of drug-likeness (QED) is 0.0261. The van der Waals surface area contributed by atoms with Crippen molar-refractivity contribution in [1.82, 2.24) is 0 Å². The molecule has 0 aliphatic rings. The molecule has 0 aliphatic heterocycles. The molecule has 1 unspecified atom stereocenters. The zero-order valence-electron chi connectivity index (χ0n) is 53.6. The predicted molar refractivity (Wildman–Crippen MR) is 348 cm³/mol. The van der Waals surface area contributed by atoms with Gasteiger partial charge in [0.1, 0.15) is 13.2 Å². The van der Waals surface area contributed by atoms with Crippen LogP contribution in [0.15, 0.2) is 60.8 Å². The van der Waals surface area contributed by atoms with Crippen molar-refractivity contribution >= 4 is 17.9 Å². The van der Waals surface area contributed by atoms with E-state index in [-0.39, 0.29) is 31.1 Å². The molecule has 0 saturated carbocycles. The van der Waals surface area contributed by atoms with E-state index >= 15 is 0 Å². The van der Waals surface area contributed by atoms with E-state index in [0.29, 0.717) is 19.3 Å². The largest absolute Gasteiger partial charge is 0.462 e. The lowest BCUT2D eigenvalue weighted by Gasteiger charge is -2.18. The Kier molecular flexibility index (Phi) is 66.1. The van der Waals surface area contributed by atoms with Gasteiger partial charge in [0.05, 0.1) is 0 Å². The second-order valence-electron chi connectivity index (χ2n) is 23.8. The number of carbonyl (C=O) groups excluding carboxylic acids is 3. The second kappa shape index (κ2) is 68.6. The Morgan fingerprint density at radius 1 is 0.263 bits per heavy atom. The molecule has 0 rings (SSSR count). The zero-order chi connectivity index (χ0) is 57.8. The van der Waals surface area contributed by atoms with Crippen molar-refractivity contribution in [3.8, 4) is 0 Å². The molecule has 0 bridgehead atoms. The summed E-state index contributed by atoms with van der Waals surface area (Å²) in [5.74, 6) is -0.857. The summed E-state index contributed by atoms with van der Waals surface area (Å²) in [6.45, 7) is 6.52. The number of carbonyl (C=O) groups is 3. The Hall–Kier alpha value is -2.89. The average Bonchev–Trinajstić information content (AvgIpc) is 3.46. The van der Waals surface area contributed by atoms with Crippen molar-refractivity contribution in [3.05, 3.63) is 60.8 Å². The predicted octanol–water partition coefficient (Wildman–Crippen LogP) is 24.3. The number of ether oxygens (including phenoxy) is 3. The molecule has 0 aliphatic carbocycles. The maximum atomic E-state index is 12.9. The van der Waals surface area contributed by atoms with Crippen LogP contribution in [0.5, 0.6) is 0 Å². The van der Waals surface area contributed by atoms with Crippen LogP contribution in [0.4, 0.5) is 0 Å². The molecule has 0 spiro atoms. The molecule has 0 heterocycles. The van der Waals surface area contributed by atoms with Gasteiger partial charge in [-0.3, -0.25) is 14.4 Å². The van der Waals surface area contributed by atoms with Crippen molar-refractivity contribution in [2.75, 3.05) is 13.2 Å². The minimum atomic E-state index is -0.769. The number of rotatable bonds is 65. The lowest BCUT2D eigenvalue weighted by molar-refractivity contribution is -0.167. The van der Waals surface area contributed by atoms with E-state index in [1.165, 1.54) is 250 Å². The standard InChI is InChI=1S/C74H134O6/c1-4-7-10-13-16-18-20-22-24-26-28-30-32-34-36-37-39-40-42-44-46-48-50-52-54-56-58-61-64-67-73(76)79-70-71(69-78-72(75)66-63-60-15-12-9-6-3)80-74(77)68-65-62-59-57-55-53-51-49-47-45-43-41-38-35-33-31-29-27-25-23-21-19-17-14-11-8-5-2/h7,10,16,18,22,24,27-30,71H,4-6,8-9,11-15,17,19-21,23,25-26,31-70H2,1-3H3/b10-7-,18-16-,24-22-,29-27-,30-28-. The van der Waals surface area contributed by atoms with Gasteiger partial charge in [-0.15, -0.1) is 0 Å². The molecule has 0 saturated heterocycles. The first-order valence-electron chi connectivity index (χ1n) is 35.3. The first-order valence-corrected chi connectivity index (χ1v) is 35.3. The average molecular weight is 1120 g/mol. The van der Waals surface area contributed by atoms with Crippen LogP contribution in [0.1, 0.15) is 374 Å². The molecule has 466 valence electrons. The van der Waals surface area contributed by atoms with Crippen molar-refractivity contribution in [2.24, 2.45) is 0 Å². The van der Waals surface area contributed by atoms with Crippen LogP contribution in [0, 0.1) is 0 Å². The fraction of sp³-hybridized carbons (Fsp3) is 0.824. The molecule has 6 nitrogen and oxygen atoms in total. The van der Waals surface area contributed by atoms with Crippen LogP contribution in [0.2, 0.25) is 0 Å². The molecule has 0 N–H and O–H groups in total. The summed E-state index contributed by atoms with van der Waals surface area (Å²) < 4.78 is 16.9. The van der Waals surface area contributed by atoms with Crippen molar-refractivity contribution in [1.29, 1.82) is 0 Å². The van der Waals surface area contributed by atoms with E-state index in [4.69, 9.17) is 14.2 Å². The minimum Gasteiger partial charge on any atom is -0.462 e. The van der Waals surface area contributed by atoms with Gasteiger partial charge in [0.2, 0.25) is 0 Å². The maximum Gasteiger partial charge on any atom is 0.306 e. The van der Waals surface area contributed by atoms with E-state index < -0.39 is 6.10 Å². The fourth-order valence-corrected chi connectivity index (χ4v) is 10.5. The molecule has 0 amide bonds. The first-order chi connectivity index (χ1) is 39.5. The Balaban J connectivity index is 3.99. The summed E-state index contributed by atoms with van der Waals surface area (Å²) >= 11 is 0. The van der Waals surface area contributed by atoms with Gasteiger partial charge < -0.3 is 14.2 Å². The molecular formula is C74H134O6. The number of esters is 3. The summed E-state index contributed by atoms with van der Waals surface area (Å²) in [5, 5.41) is 0. The van der Waals surface area contributed by atoms with E-state index in [1.54, 1.807) is 0 Å². The van der Waals surface area contributed by atoms with Gasteiger partial charge >= 0.3 is 17.9 Å². The van der Waals surface area contributed by atoms with E-state index in [1.807, 2.05) is 0 Å². The Morgan fingerprint density at radius 2 is 0.487 bits per heavy atom. The Labute approximate surface area is 498 Å². The van der Waals surface area contributed by atoms with Gasteiger partial charge in [0.25, 0.3) is 0 Å². The Bertz CT molecular complexity index is 1430. The van der Waals surface area contributed by atoms with Crippen LogP contribution in [0.3, 0.4) is 0 Å². The summed E-state index contributed by atoms with van der Waals surface area (Å²) in [6.07, 6.45) is 88.7. The number of allylic oxidation sites excluding steroid dienone is 10. The lowest BCUT2D eigenvalue weighted by atomic mass is 10.0. The maximum absolute atomic E-state index is 12.9. The fourth-order valence-electron chi connectivity index (χ4n) is 10.5. The third kappa shape index (κ3) is 65.9. The van der Waals surface area contributed by atoms with E-state index in [0.717, 1.165) is 83.5 Å². The van der Waals surface area contributed by atoms with Crippen molar-refractivity contribution in [2.45, 2.75) is 380 Å². The highest BCUT2D eigenvalue weighted by Crippen LogP contribution is 2.18. The van der Waals surface area contributed by atoms with Gasteiger partial charge in [0, 0.05) is 19.3 Å². The first kappa shape index (κ1) is 77.1. The summed E-state index contributed by atoms with van der Waals surface area (Å²) in [4.78, 5) is 38.1. The van der Waals surface area contributed by atoms with Crippen LogP contribution >= 0.6 is 0 Å². The highest BCUT2D eigenvalue weighted by atomic mass is 16.6. The molecule has 0 aromatic heterocycles. The van der Waals surface area contributed by atoms with Gasteiger partial charge in [-0.2, -0.15) is 0 Å². The van der Waals surface area contributed by atoms with Crippen LogP contribution < -0.4 is 0 Å². The molecule has 80 heavy (non-hydrogen) atoms. The van der Waals surface area contributed by atoms with Crippen LogP contribution in [-0.4, -0.2) is 37.2 Å². The normalized spacial score (nSPS) is 12.4. The van der Waals surface area contributed by atoms with Crippen molar-refractivity contribution in [3.63, 3.8) is 0 Å². The van der Waals surface area contributed by atoms with E-state index in [2.05, 4.69) is 81.5 Å². The molecular weight excluding hydrogens is 985 g/mol. The molecule has 0 aromatic carbocycles. The molecule has 6 heteroatoms. The third-order valence-electron chi connectivity index (χ3n) is 15.8. The second-order valence-corrected chi connectivity index (χ2v) is 23.8. The number of hydrogen-bond donors (Lipinski definition) is 0. The highest BCUT2D eigenvalue weighted by Gasteiger charge is 2.19. The summed E-state index contributed by atoms with van der Waals surface area (Å²) in [7, 11) is 0. The van der Waals surface area contributed by atoms with E-state index in [9.17, 15) is 14.4 Å². The number of unbranched alkanes of at least 4 members (excludes halogenated alkanes) is 44. The lowest BCUT2D eigenvalue weighted by Crippen LogP contribution is -2.30. The van der Waals surface area contributed by atoms with Gasteiger partial charge in [-0.1, -0.05) is 332 Å². The van der Waals surface area contributed by atoms with Crippen LogP contribution in [-0.2, 0) is 28.6 Å². The van der Waals surface area contributed by atoms with Crippen molar-refractivity contribution < 1.29 is 28.6 Å². The third-order valence-corrected chi connectivity index (χ3v) is 15.8. The smallest absolute Gasteiger partial charge is 0.306 e. The van der Waals surface area contributed by atoms with Gasteiger partial charge in [-0.25, -0.2) is 0 Å². The molecule has 0 fully saturated rings. The highest BCUT2D eigenvalue weighted by molar-refractivity contribution is 5.71.